The zero-order valence-corrected chi connectivity index (χ0v) is 15.4. The summed E-state index contributed by atoms with van der Waals surface area (Å²) in [6, 6.07) is 17.0. The predicted octanol–water partition coefficient (Wildman–Crippen LogP) is 3.78. The van der Waals surface area contributed by atoms with Crippen LogP contribution < -0.4 is 5.32 Å². The molecule has 2 amide bonds. The number of halogens is 1. The summed E-state index contributed by atoms with van der Waals surface area (Å²) in [5, 5.41) is 2.94. The van der Waals surface area contributed by atoms with E-state index in [2.05, 4.69) is 27.9 Å². The van der Waals surface area contributed by atoms with Gasteiger partial charge in [-0.2, -0.15) is 0 Å². The number of carbonyl (C=O) groups is 2. The van der Waals surface area contributed by atoms with Crippen LogP contribution in [0, 0.1) is 9.49 Å². The molecule has 0 bridgehead atoms. The van der Waals surface area contributed by atoms with E-state index in [1.165, 1.54) is 0 Å². The Bertz CT molecular complexity index is 733. The fraction of sp³-hybridized carbons (Fsp3) is 0.263. The molecule has 1 aliphatic heterocycles. The zero-order chi connectivity index (χ0) is 16.9. The second-order valence-electron chi connectivity index (χ2n) is 5.93. The molecule has 1 heterocycles. The molecule has 0 saturated carbocycles. The van der Waals surface area contributed by atoms with Gasteiger partial charge < -0.3 is 10.2 Å². The highest BCUT2D eigenvalue weighted by Crippen LogP contribution is 2.22. The van der Waals surface area contributed by atoms with Crippen LogP contribution in [0.2, 0.25) is 0 Å². The Morgan fingerprint density at radius 3 is 2.50 bits per heavy atom. The molecular formula is C19H19IN2O2. The lowest BCUT2D eigenvalue weighted by Gasteiger charge is -2.32. The lowest BCUT2D eigenvalue weighted by Crippen LogP contribution is -2.44. The molecule has 1 fully saturated rings. The van der Waals surface area contributed by atoms with Crippen LogP contribution in [0.5, 0.6) is 0 Å². The van der Waals surface area contributed by atoms with Crippen molar-refractivity contribution < 1.29 is 9.59 Å². The molecule has 4 nitrogen and oxygen atoms in total. The standard InChI is InChI=1S/C19H19IN2O2/c20-17-11-5-4-10-16(17)19(24)22-12-6-7-14(13-22)18(23)21-15-8-2-1-3-9-15/h1-5,8-11,14H,6-7,12-13H2,(H,21,23). The Kier molecular flexibility index (Phi) is 5.50. The number of likely N-dealkylation sites (tertiary alicyclic amines) is 1. The molecule has 2 aromatic rings. The van der Waals surface area contributed by atoms with Crippen LogP contribution in [0.25, 0.3) is 0 Å². The van der Waals surface area contributed by atoms with Crippen molar-refractivity contribution in [2.45, 2.75) is 12.8 Å². The number of piperidine rings is 1. The first kappa shape index (κ1) is 17.0. The topological polar surface area (TPSA) is 49.4 Å². The summed E-state index contributed by atoms with van der Waals surface area (Å²) in [7, 11) is 0. The van der Waals surface area contributed by atoms with Gasteiger partial charge in [-0.05, 0) is 59.7 Å². The van der Waals surface area contributed by atoms with Crippen molar-refractivity contribution in [1.29, 1.82) is 0 Å². The van der Waals surface area contributed by atoms with Crippen molar-refractivity contribution >= 4 is 40.1 Å². The lowest BCUT2D eigenvalue weighted by atomic mass is 9.96. The number of hydrogen-bond acceptors (Lipinski definition) is 2. The fourth-order valence-electron chi connectivity index (χ4n) is 2.95. The number of para-hydroxylation sites is 1. The van der Waals surface area contributed by atoms with Crippen LogP contribution in [-0.4, -0.2) is 29.8 Å². The largest absolute Gasteiger partial charge is 0.338 e. The quantitative estimate of drug-likeness (QED) is 0.748. The first-order valence-corrected chi connectivity index (χ1v) is 9.13. The Labute approximate surface area is 155 Å². The molecule has 1 atom stereocenters. The maximum absolute atomic E-state index is 12.7. The third-order valence-electron chi connectivity index (χ3n) is 4.22. The molecule has 24 heavy (non-hydrogen) atoms. The summed E-state index contributed by atoms with van der Waals surface area (Å²) in [6.45, 7) is 1.18. The lowest BCUT2D eigenvalue weighted by molar-refractivity contribution is -0.121. The van der Waals surface area contributed by atoms with E-state index in [9.17, 15) is 9.59 Å². The van der Waals surface area contributed by atoms with Crippen LogP contribution >= 0.6 is 22.6 Å². The van der Waals surface area contributed by atoms with Gasteiger partial charge in [-0.1, -0.05) is 30.3 Å². The molecule has 1 N–H and O–H groups in total. The maximum atomic E-state index is 12.7. The van der Waals surface area contributed by atoms with Crippen molar-refractivity contribution in [2.75, 3.05) is 18.4 Å². The molecule has 0 radical (unpaired) electrons. The molecular weight excluding hydrogens is 415 g/mol. The van der Waals surface area contributed by atoms with Gasteiger partial charge in [0.1, 0.15) is 0 Å². The van der Waals surface area contributed by atoms with Gasteiger partial charge in [0.25, 0.3) is 5.91 Å². The van der Waals surface area contributed by atoms with E-state index in [1.807, 2.05) is 54.6 Å². The molecule has 5 heteroatoms. The summed E-state index contributed by atoms with van der Waals surface area (Å²) < 4.78 is 0.941. The molecule has 2 aromatic carbocycles. The molecule has 0 spiro atoms. The van der Waals surface area contributed by atoms with Crippen molar-refractivity contribution in [1.82, 2.24) is 4.90 Å². The van der Waals surface area contributed by atoms with Crippen LogP contribution in [0.4, 0.5) is 5.69 Å². The second-order valence-corrected chi connectivity index (χ2v) is 7.09. The normalized spacial score (nSPS) is 17.4. The third-order valence-corrected chi connectivity index (χ3v) is 5.17. The Balaban J connectivity index is 1.67. The molecule has 1 aliphatic rings. The number of carbonyl (C=O) groups excluding carboxylic acids is 2. The molecule has 124 valence electrons. The minimum absolute atomic E-state index is 0.0113. The molecule has 3 rings (SSSR count). The second kappa shape index (κ2) is 7.79. The number of benzene rings is 2. The van der Waals surface area contributed by atoms with Gasteiger partial charge in [0.2, 0.25) is 5.91 Å². The number of hydrogen-bond donors (Lipinski definition) is 1. The SMILES string of the molecule is O=C(Nc1ccccc1)C1CCCN(C(=O)c2ccccc2I)C1. The fourth-order valence-corrected chi connectivity index (χ4v) is 3.56. The van der Waals surface area contributed by atoms with E-state index in [4.69, 9.17) is 0 Å². The average molecular weight is 434 g/mol. The highest BCUT2D eigenvalue weighted by atomic mass is 127. The van der Waals surface area contributed by atoms with E-state index >= 15 is 0 Å². The summed E-state index contributed by atoms with van der Waals surface area (Å²) in [6.07, 6.45) is 1.66. The van der Waals surface area contributed by atoms with Crippen molar-refractivity contribution in [3.05, 3.63) is 63.7 Å². The van der Waals surface area contributed by atoms with E-state index in [-0.39, 0.29) is 17.7 Å². The number of rotatable bonds is 3. The van der Waals surface area contributed by atoms with Gasteiger partial charge in [-0.25, -0.2) is 0 Å². The van der Waals surface area contributed by atoms with Crippen LogP contribution in [0.3, 0.4) is 0 Å². The predicted molar refractivity (Wildman–Crippen MR) is 103 cm³/mol. The van der Waals surface area contributed by atoms with E-state index in [0.717, 1.165) is 22.1 Å². The van der Waals surface area contributed by atoms with Gasteiger partial charge in [-0.15, -0.1) is 0 Å². The number of amides is 2. The molecule has 1 unspecified atom stereocenters. The monoisotopic (exact) mass is 434 g/mol. The van der Waals surface area contributed by atoms with Gasteiger partial charge in [0, 0.05) is 22.3 Å². The van der Waals surface area contributed by atoms with Gasteiger partial charge in [-0.3, -0.25) is 9.59 Å². The number of nitrogens with zero attached hydrogens (tertiary/aromatic N) is 1. The maximum Gasteiger partial charge on any atom is 0.254 e. The van der Waals surface area contributed by atoms with E-state index in [1.54, 1.807) is 4.90 Å². The van der Waals surface area contributed by atoms with Crippen molar-refractivity contribution in [3.8, 4) is 0 Å². The Hall–Kier alpha value is -1.89. The minimum Gasteiger partial charge on any atom is -0.338 e. The summed E-state index contributed by atoms with van der Waals surface area (Å²) >= 11 is 2.18. The number of nitrogens with one attached hydrogen (secondary N) is 1. The molecule has 1 saturated heterocycles. The third kappa shape index (κ3) is 3.95. The zero-order valence-electron chi connectivity index (χ0n) is 13.2. The molecule has 0 aromatic heterocycles. The summed E-state index contributed by atoms with van der Waals surface area (Å²) in [5.74, 6) is -0.164. The smallest absolute Gasteiger partial charge is 0.254 e. The summed E-state index contributed by atoms with van der Waals surface area (Å²) in [5.41, 5.74) is 1.51. The van der Waals surface area contributed by atoms with Crippen molar-refractivity contribution in [2.24, 2.45) is 5.92 Å². The first-order chi connectivity index (χ1) is 11.6. The van der Waals surface area contributed by atoms with Crippen LogP contribution in [0.15, 0.2) is 54.6 Å². The van der Waals surface area contributed by atoms with Crippen molar-refractivity contribution in [3.63, 3.8) is 0 Å². The highest BCUT2D eigenvalue weighted by molar-refractivity contribution is 14.1. The van der Waals surface area contributed by atoms with Gasteiger partial charge in [0.15, 0.2) is 0 Å². The summed E-state index contributed by atoms with van der Waals surface area (Å²) in [4.78, 5) is 27.0. The average Bonchev–Trinajstić information content (AvgIpc) is 2.62. The van der Waals surface area contributed by atoms with Gasteiger partial charge >= 0.3 is 0 Å². The van der Waals surface area contributed by atoms with E-state index < -0.39 is 0 Å². The van der Waals surface area contributed by atoms with E-state index in [0.29, 0.717) is 18.7 Å². The Morgan fingerprint density at radius 2 is 1.75 bits per heavy atom. The number of anilines is 1. The minimum atomic E-state index is -0.163. The highest BCUT2D eigenvalue weighted by Gasteiger charge is 2.29. The van der Waals surface area contributed by atoms with Crippen LogP contribution in [0.1, 0.15) is 23.2 Å². The first-order valence-electron chi connectivity index (χ1n) is 8.05. The Morgan fingerprint density at radius 1 is 1.04 bits per heavy atom. The van der Waals surface area contributed by atoms with Crippen LogP contribution in [-0.2, 0) is 4.79 Å². The van der Waals surface area contributed by atoms with Gasteiger partial charge in [0.05, 0.1) is 11.5 Å². The molecule has 0 aliphatic carbocycles.